The largest absolute Gasteiger partial charge is 0.490 e. The van der Waals surface area contributed by atoms with E-state index in [0.29, 0.717) is 42.1 Å². The quantitative estimate of drug-likeness (QED) is 0.356. The van der Waals surface area contributed by atoms with E-state index in [9.17, 15) is 8.96 Å². The van der Waals surface area contributed by atoms with Gasteiger partial charge in [0.05, 0.1) is 32.3 Å². The molecule has 0 saturated heterocycles. The summed E-state index contributed by atoms with van der Waals surface area (Å²) in [5.74, 6) is -0.0699. The van der Waals surface area contributed by atoms with Crippen LogP contribution in [-0.4, -0.2) is 39.3 Å². The average molecular weight is 437 g/mol. The van der Waals surface area contributed by atoms with Gasteiger partial charge in [0, 0.05) is 6.54 Å². The van der Waals surface area contributed by atoms with Crippen LogP contribution in [0.4, 0.5) is 10.2 Å². The summed E-state index contributed by atoms with van der Waals surface area (Å²) in [7, 11) is -3.29. The number of fused-ring (bicyclic) bond motifs is 1. The van der Waals surface area contributed by atoms with Gasteiger partial charge < -0.3 is 24.1 Å². The highest BCUT2D eigenvalue weighted by atomic mass is 31.2. The zero-order chi connectivity index (χ0) is 21.6. The molecule has 0 aliphatic rings. The van der Waals surface area contributed by atoms with Gasteiger partial charge in [0.2, 0.25) is 0 Å². The molecule has 0 aliphatic carbocycles. The molecule has 30 heavy (non-hydrogen) atoms. The van der Waals surface area contributed by atoms with Crippen LogP contribution < -0.4 is 10.5 Å². The van der Waals surface area contributed by atoms with Crippen molar-refractivity contribution in [2.45, 2.75) is 33.0 Å². The molecule has 0 amide bonds. The van der Waals surface area contributed by atoms with E-state index in [1.165, 1.54) is 18.5 Å². The molecule has 0 saturated carbocycles. The lowest BCUT2D eigenvalue weighted by Crippen LogP contribution is -2.06. The van der Waals surface area contributed by atoms with Gasteiger partial charge in [-0.05, 0) is 38.0 Å². The van der Waals surface area contributed by atoms with Crippen molar-refractivity contribution in [2.75, 3.05) is 25.6 Å². The molecule has 11 heteroatoms. The summed E-state index contributed by atoms with van der Waals surface area (Å²) >= 11 is 0. The van der Waals surface area contributed by atoms with Gasteiger partial charge in [-0.1, -0.05) is 6.07 Å². The Morgan fingerprint density at radius 1 is 1.17 bits per heavy atom. The summed E-state index contributed by atoms with van der Waals surface area (Å²) in [6.07, 6.45) is 3.64. The second-order valence-corrected chi connectivity index (χ2v) is 8.49. The number of anilines is 1. The fraction of sp³-hybridized carbons (Fsp3) is 0.421. The van der Waals surface area contributed by atoms with Crippen LogP contribution in [0, 0.1) is 5.82 Å². The topological polar surface area (TPSA) is 114 Å². The Balaban J connectivity index is 1.56. The van der Waals surface area contributed by atoms with Crippen LogP contribution in [0.5, 0.6) is 5.75 Å². The maximum absolute atomic E-state index is 14.4. The summed E-state index contributed by atoms with van der Waals surface area (Å²) in [4.78, 5) is 12.3. The zero-order valence-corrected chi connectivity index (χ0v) is 17.8. The maximum Gasteiger partial charge on any atom is 0.335 e. The lowest BCUT2D eigenvalue weighted by molar-refractivity contribution is 0.219. The molecule has 3 aromatic rings. The van der Waals surface area contributed by atoms with E-state index in [0.717, 1.165) is 0 Å². The highest BCUT2D eigenvalue weighted by molar-refractivity contribution is 7.53. The third-order valence-corrected chi connectivity index (χ3v) is 6.31. The standard InChI is InChI=1S/C19H25FN5O4P/c1-3-28-30(26,29-4-2)11-14-6-7-16(15(20)10-14)27-9-5-8-25-13-24-17-18(21)22-12-23-19(17)25/h6-7,10,12-13H,3-5,8-9,11H2,1-2H3,(H2,21,22,23). The lowest BCUT2D eigenvalue weighted by atomic mass is 10.2. The first-order chi connectivity index (χ1) is 14.5. The first-order valence-corrected chi connectivity index (χ1v) is 11.4. The molecule has 3 rings (SSSR count). The molecule has 0 aliphatic heterocycles. The SMILES string of the molecule is CCOP(=O)(Cc1ccc(OCCCn2cnc3c(N)ncnc32)c(F)c1)OCC. The molecular formula is C19H25FN5O4P. The zero-order valence-electron chi connectivity index (χ0n) is 17.0. The number of ether oxygens (including phenoxy) is 1. The van der Waals surface area contributed by atoms with Crippen molar-refractivity contribution < 1.29 is 22.7 Å². The monoisotopic (exact) mass is 437 g/mol. The number of hydrogen-bond donors (Lipinski definition) is 1. The van der Waals surface area contributed by atoms with Crippen LogP contribution in [0.1, 0.15) is 25.8 Å². The Morgan fingerprint density at radius 3 is 2.63 bits per heavy atom. The molecule has 0 fully saturated rings. The Morgan fingerprint density at radius 2 is 1.93 bits per heavy atom. The summed E-state index contributed by atoms with van der Waals surface area (Å²) in [6, 6.07) is 4.47. The number of aromatic nitrogens is 4. The molecule has 2 N–H and O–H groups in total. The van der Waals surface area contributed by atoms with Crippen LogP contribution in [0.15, 0.2) is 30.9 Å². The van der Waals surface area contributed by atoms with Gasteiger partial charge in [0.1, 0.15) is 11.8 Å². The van der Waals surface area contributed by atoms with E-state index in [1.54, 1.807) is 26.2 Å². The Bertz CT molecular complexity index is 1030. The summed E-state index contributed by atoms with van der Waals surface area (Å²) in [5.41, 5.74) is 7.49. The van der Waals surface area contributed by atoms with Gasteiger partial charge in [0.15, 0.2) is 23.0 Å². The van der Waals surface area contributed by atoms with Gasteiger partial charge in [0.25, 0.3) is 0 Å². The minimum atomic E-state index is -3.29. The van der Waals surface area contributed by atoms with Crippen molar-refractivity contribution in [3.63, 3.8) is 0 Å². The van der Waals surface area contributed by atoms with E-state index < -0.39 is 13.4 Å². The Hall–Kier alpha value is -2.55. The van der Waals surface area contributed by atoms with E-state index in [-0.39, 0.29) is 25.1 Å². The van der Waals surface area contributed by atoms with E-state index in [4.69, 9.17) is 19.5 Å². The lowest BCUT2D eigenvalue weighted by Gasteiger charge is -2.17. The molecule has 2 aromatic heterocycles. The molecule has 0 atom stereocenters. The third kappa shape index (κ3) is 5.33. The van der Waals surface area contributed by atoms with Crippen LogP contribution in [0.25, 0.3) is 11.2 Å². The number of nitrogen functional groups attached to an aromatic ring is 1. The number of nitrogens with zero attached hydrogens (tertiary/aromatic N) is 4. The van der Waals surface area contributed by atoms with Gasteiger partial charge >= 0.3 is 7.60 Å². The summed E-state index contributed by atoms with van der Waals surface area (Å²) < 4.78 is 44.9. The molecule has 162 valence electrons. The number of aryl methyl sites for hydroxylation is 1. The molecule has 0 radical (unpaired) electrons. The van der Waals surface area contributed by atoms with Crippen molar-refractivity contribution in [3.05, 3.63) is 42.2 Å². The Kier molecular flexibility index (Phi) is 7.36. The molecule has 0 bridgehead atoms. The summed E-state index contributed by atoms with van der Waals surface area (Å²) in [6.45, 7) is 4.86. The van der Waals surface area contributed by atoms with E-state index in [1.807, 2.05) is 4.57 Å². The first-order valence-electron chi connectivity index (χ1n) is 9.66. The minimum Gasteiger partial charge on any atom is -0.490 e. The normalized spacial score (nSPS) is 11.8. The number of imidazole rings is 1. The highest BCUT2D eigenvalue weighted by Crippen LogP contribution is 2.51. The van der Waals surface area contributed by atoms with E-state index in [2.05, 4.69) is 15.0 Å². The Labute approximate surface area is 173 Å². The molecule has 0 unspecified atom stereocenters. The van der Waals surface area contributed by atoms with Gasteiger partial charge in [-0.15, -0.1) is 0 Å². The second kappa shape index (κ2) is 9.97. The molecular weight excluding hydrogens is 412 g/mol. The first kappa shape index (κ1) is 22.1. The van der Waals surface area contributed by atoms with E-state index >= 15 is 0 Å². The number of benzene rings is 1. The fourth-order valence-electron chi connectivity index (χ4n) is 2.98. The van der Waals surface area contributed by atoms with Gasteiger partial charge in [-0.3, -0.25) is 4.57 Å². The molecule has 0 spiro atoms. The fourth-order valence-corrected chi connectivity index (χ4v) is 4.67. The number of halogens is 1. The molecule has 2 heterocycles. The second-order valence-electron chi connectivity index (χ2n) is 6.44. The highest BCUT2D eigenvalue weighted by Gasteiger charge is 2.24. The van der Waals surface area contributed by atoms with Gasteiger partial charge in [-0.2, -0.15) is 0 Å². The number of hydrogen-bond acceptors (Lipinski definition) is 8. The minimum absolute atomic E-state index is 0.00454. The smallest absolute Gasteiger partial charge is 0.335 e. The van der Waals surface area contributed by atoms with Crippen LogP contribution in [-0.2, 0) is 26.3 Å². The predicted molar refractivity (Wildman–Crippen MR) is 111 cm³/mol. The molecule has 9 nitrogen and oxygen atoms in total. The van der Waals surface area contributed by atoms with Crippen molar-refractivity contribution in [2.24, 2.45) is 0 Å². The predicted octanol–water partition coefficient (Wildman–Crippen LogP) is 3.78. The third-order valence-electron chi connectivity index (χ3n) is 4.25. The van der Waals surface area contributed by atoms with Crippen molar-refractivity contribution in [1.29, 1.82) is 0 Å². The van der Waals surface area contributed by atoms with Crippen LogP contribution in [0.3, 0.4) is 0 Å². The number of nitrogens with two attached hydrogens (primary N) is 1. The van der Waals surface area contributed by atoms with Gasteiger partial charge in [-0.25, -0.2) is 19.3 Å². The number of rotatable bonds is 11. The van der Waals surface area contributed by atoms with Crippen LogP contribution in [0.2, 0.25) is 0 Å². The maximum atomic E-state index is 14.4. The van der Waals surface area contributed by atoms with Crippen molar-refractivity contribution >= 4 is 24.6 Å². The van der Waals surface area contributed by atoms with Crippen molar-refractivity contribution in [1.82, 2.24) is 19.5 Å². The average Bonchev–Trinajstić information content (AvgIpc) is 3.11. The van der Waals surface area contributed by atoms with Crippen molar-refractivity contribution in [3.8, 4) is 5.75 Å². The van der Waals surface area contributed by atoms with Crippen LogP contribution >= 0.6 is 7.60 Å². The molecule has 1 aromatic carbocycles. The summed E-state index contributed by atoms with van der Waals surface area (Å²) in [5, 5.41) is 0.